The van der Waals surface area contributed by atoms with Crippen LogP contribution in [0.15, 0.2) is 54.9 Å². The Bertz CT molecular complexity index is 905. The molecule has 0 fully saturated rings. The number of hydrogen-bond acceptors (Lipinski definition) is 3. The van der Waals surface area contributed by atoms with Crippen LogP contribution in [0.25, 0.3) is 11.4 Å². The summed E-state index contributed by atoms with van der Waals surface area (Å²) >= 11 is 0. The predicted octanol–water partition coefficient (Wildman–Crippen LogP) is 3.64. The summed E-state index contributed by atoms with van der Waals surface area (Å²) in [4.78, 5) is 16.5. The van der Waals surface area contributed by atoms with Gasteiger partial charge in [0.05, 0.1) is 12.7 Å². The van der Waals surface area contributed by atoms with Gasteiger partial charge in [0, 0.05) is 24.1 Å². The molecule has 0 atom stereocenters. The van der Waals surface area contributed by atoms with E-state index in [0.29, 0.717) is 17.1 Å². The van der Waals surface area contributed by atoms with Crippen LogP contribution in [0.5, 0.6) is 5.75 Å². The van der Waals surface area contributed by atoms with Crippen molar-refractivity contribution in [2.24, 2.45) is 0 Å². The van der Waals surface area contributed by atoms with E-state index >= 15 is 0 Å². The van der Waals surface area contributed by atoms with Gasteiger partial charge in [-0.3, -0.25) is 4.79 Å². The molecule has 0 bridgehead atoms. The first-order chi connectivity index (χ1) is 12.1. The molecule has 5 nitrogen and oxygen atoms in total. The van der Waals surface area contributed by atoms with Gasteiger partial charge in [-0.25, -0.2) is 9.37 Å². The number of benzene rings is 2. The second kappa shape index (κ2) is 7.17. The number of carbonyl (C=O) groups excluding carboxylic acids is 1. The van der Waals surface area contributed by atoms with Gasteiger partial charge in [-0.1, -0.05) is 18.2 Å². The third-order valence-corrected chi connectivity index (χ3v) is 3.87. The highest BCUT2D eigenvalue weighted by atomic mass is 19.1. The molecule has 128 valence electrons. The number of ether oxygens (including phenoxy) is 1. The molecule has 0 saturated heterocycles. The topological polar surface area (TPSA) is 56.2 Å². The molecular weight excluding hydrogens is 321 g/mol. The Kier molecular flexibility index (Phi) is 4.79. The lowest BCUT2D eigenvalue weighted by Gasteiger charge is -2.11. The molecule has 0 aliphatic rings. The van der Waals surface area contributed by atoms with E-state index in [0.717, 1.165) is 11.3 Å². The highest BCUT2D eigenvalue weighted by Gasteiger charge is 2.14. The van der Waals surface area contributed by atoms with Crippen LogP contribution < -0.4 is 10.1 Å². The fraction of sp³-hybridized carbons (Fsp3) is 0.158. The number of methoxy groups -OCH3 is 1. The van der Waals surface area contributed by atoms with Crippen LogP contribution in [0.1, 0.15) is 5.56 Å². The van der Waals surface area contributed by atoms with Crippen molar-refractivity contribution in [3.63, 3.8) is 0 Å². The molecule has 0 aliphatic heterocycles. The summed E-state index contributed by atoms with van der Waals surface area (Å²) in [6, 6.07) is 12.1. The maximum Gasteiger partial charge on any atom is 0.244 e. The molecule has 0 unspecified atom stereocenters. The minimum atomic E-state index is -0.453. The van der Waals surface area contributed by atoms with E-state index in [1.807, 2.05) is 31.2 Å². The van der Waals surface area contributed by atoms with Crippen LogP contribution in [-0.4, -0.2) is 22.6 Å². The molecule has 0 aliphatic carbocycles. The van der Waals surface area contributed by atoms with Gasteiger partial charge in [-0.2, -0.15) is 0 Å². The lowest BCUT2D eigenvalue weighted by Crippen LogP contribution is -2.19. The first-order valence-corrected chi connectivity index (χ1v) is 7.79. The lowest BCUT2D eigenvalue weighted by atomic mass is 10.2. The van der Waals surface area contributed by atoms with Crippen LogP contribution in [0.2, 0.25) is 0 Å². The van der Waals surface area contributed by atoms with Gasteiger partial charge in [0.1, 0.15) is 23.9 Å². The SMILES string of the molecule is COc1ccc(-c2nccn2CC(=O)Nc2ccccc2C)c(F)c1. The van der Waals surface area contributed by atoms with Gasteiger partial charge in [0.15, 0.2) is 0 Å². The zero-order chi connectivity index (χ0) is 17.8. The zero-order valence-corrected chi connectivity index (χ0v) is 14.0. The van der Waals surface area contributed by atoms with Gasteiger partial charge in [-0.15, -0.1) is 0 Å². The van der Waals surface area contributed by atoms with Crippen LogP contribution >= 0.6 is 0 Å². The van der Waals surface area contributed by atoms with Crippen LogP contribution in [0, 0.1) is 12.7 Å². The second-order valence-electron chi connectivity index (χ2n) is 5.59. The van der Waals surface area contributed by atoms with E-state index in [9.17, 15) is 9.18 Å². The minimum absolute atomic E-state index is 0.0368. The van der Waals surface area contributed by atoms with E-state index in [4.69, 9.17) is 4.74 Å². The normalized spacial score (nSPS) is 10.5. The van der Waals surface area contributed by atoms with E-state index in [1.54, 1.807) is 29.1 Å². The van der Waals surface area contributed by atoms with Gasteiger partial charge < -0.3 is 14.6 Å². The average Bonchev–Trinajstić information content (AvgIpc) is 3.04. The molecular formula is C19H18FN3O2. The quantitative estimate of drug-likeness (QED) is 0.772. The number of halogens is 1. The van der Waals surface area contributed by atoms with Crippen molar-refractivity contribution in [1.29, 1.82) is 0 Å². The van der Waals surface area contributed by atoms with Crippen molar-refractivity contribution < 1.29 is 13.9 Å². The molecule has 25 heavy (non-hydrogen) atoms. The van der Waals surface area contributed by atoms with Crippen molar-refractivity contribution >= 4 is 11.6 Å². The van der Waals surface area contributed by atoms with Crippen molar-refractivity contribution in [3.05, 3.63) is 66.2 Å². The molecule has 0 spiro atoms. The minimum Gasteiger partial charge on any atom is -0.497 e. The monoisotopic (exact) mass is 339 g/mol. The largest absolute Gasteiger partial charge is 0.497 e. The van der Waals surface area contributed by atoms with Gasteiger partial charge in [0.25, 0.3) is 0 Å². The summed E-state index contributed by atoms with van der Waals surface area (Å²) < 4.78 is 20.9. The molecule has 3 aromatic rings. The number of anilines is 1. The van der Waals surface area contributed by atoms with E-state index in [2.05, 4.69) is 10.3 Å². The number of aryl methyl sites for hydroxylation is 1. The summed E-state index contributed by atoms with van der Waals surface area (Å²) in [7, 11) is 1.48. The highest BCUT2D eigenvalue weighted by Crippen LogP contribution is 2.25. The maximum atomic E-state index is 14.3. The first kappa shape index (κ1) is 16.7. The third-order valence-electron chi connectivity index (χ3n) is 3.87. The maximum absolute atomic E-state index is 14.3. The number of aromatic nitrogens is 2. The van der Waals surface area contributed by atoms with Crippen LogP contribution in [-0.2, 0) is 11.3 Å². The Morgan fingerprint density at radius 1 is 1.28 bits per heavy atom. The summed E-state index contributed by atoms with van der Waals surface area (Å²) in [6.07, 6.45) is 3.19. The van der Waals surface area contributed by atoms with Crippen LogP contribution in [0.3, 0.4) is 0 Å². The summed E-state index contributed by atoms with van der Waals surface area (Å²) in [6.45, 7) is 1.96. The number of nitrogens with one attached hydrogen (secondary N) is 1. The van der Waals surface area contributed by atoms with Gasteiger partial charge >= 0.3 is 0 Å². The summed E-state index contributed by atoms with van der Waals surface area (Å²) in [5.74, 6) is 0.158. The zero-order valence-electron chi connectivity index (χ0n) is 14.0. The second-order valence-corrected chi connectivity index (χ2v) is 5.59. The molecule has 0 saturated carbocycles. The van der Waals surface area contributed by atoms with Gasteiger partial charge in [-0.05, 0) is 30.7 Å². The first-order valence-electron chi connectivity index (χ1n) is 7.79. The van der Waals surface area contributed by atoms with E-state index < -0.39 is 5.82 Å². The Morgan fingerprint density at radius 2 is 2.08 bits per heavy atom. The predicted molar refractivity (Wildman–Crippen MR) is 94.0 cm³/mol. The lowest BCUT2D eigenvalue weighted by molar-refractivity contribution is -0.116. The molecule has 1 N–H and O–H groups in total. The molecule has 6 heteroatoms. The number of nitrogens with zero attached hydrogens (tertiary/aromatic N) is 2. The Hall–Kier alpha value is -3.15. The van der Waals surface area contributed by atoms with E-state index in [1.165, 1.54) is 13.2 Å². The number of hydrogen-bond donors (Lipinski definition) is 1. The standard InChI is InChI=1S/C19H18FN3O2/c1-13-5-3-4-6-17(13)22-18(24)12-23-10-9-21-19(23)15-8-7-14(25-2)11-16(15)20/h3-11H,12H2,1-2H3,(H,22,24). The molecule has 1 heterocycles. The fourth-order valence-corrected chi connectivity index (χ4v) is 2.54. The third kappa shape index (κ3) is 3.68. The Balaban J connectivity index is 1.80. The van der Waals surface area contributed by atoms with Gasteiger partial charge in [0.2, 0.25) is 5.91 Å². The number of rotatable bonds is 5. The molecule has 3 rings (SSSR count). The summed E-state index contributed by atoms with van der Waals surface area (Å²) in [5.41, 5.74) is 2.04. The van der Waals surface area contributed by atoms with Crippen molar-refractivity contribution in [2.45, 2.75) is 13.5 Å². The van der Waals surface area contributed by atoms with Crippen molar-refractivity contribution in [2.75, 3.05) is 12.4 Å². The summed E-state index contributed by atoms with van der Waals surface area (Å²) in [5, 5.41) is 2.86. The highest BCUT2D eigenvalue weighted by molar-refractivity contribution is 5.91. The van der Waals surface area contributed by atoms with E-state index in [-0.39, 0.29) is 12.5 Å². The Labute approximate surface area is 145 Å². The molecule has 0 radical (unpaired) electrons. The van der Waals surface area contributed by atoms with Crippen LogP contribution in [0.4, 0.5) is 10.1 Å². The fourth-order valence-electron chi connectivity index (χ4n) is 2.54. The number of imidazole rings is 1. The van der Waals surface area contributed by atoms with Crippen molar-refractivity contribution in [3.8, 4) is 17.1 Å². The molecule has 2 aromatic carbocycles. The number of amides is 1. The molecule has 1 aromatic heterocycles. The number of para-hydroxylation sites is 1. The smallest absolute Gasteiger partial charge is 0.244 e. The van der Waals surface area contributed by atoms with Crippen molar-refractivity contribution in [1.82, 2.24) is 9.55 Å². The average molecular weight is 339 g/mol. The number of carbonyl (C=O) groups is 1. The Morgan fingerprint density at radius 3 is 2.80 bits per heavy atom. The molecule has 1 amide bonds.